The van der Waals surface area contributed by atoms with Crippen LogP contribution in [0.2, 0.25) is 0 Å². The van der Waals surface area contributed by atoms with E-state index in [4.69, 9.17) is 19.7 Å². The Labute approximate surface area is 171 Å². The zero-order valence-electron chi connectivity index (χ0n) is 15.4. The maximum absolute atomic E-state index is 8.91. The van der Waals surface area contributed by atoms with E-state index in [1.165, 1.54) is 14.7 Å². The van der Waals surface area contributed by atoms with Gasteiger partial charge in [0.25, 0.3) is 0 Å². The van der Waals surface area contributed by atoms with Crippen molar-refractivity contribution in [2.75, 3.05) is 26.4 Å². The van der Waals surface area contributed by atoms with Gasteiger partial charge < -0.3 is 19.7 Å². The van der Waals surface area contributed by atoms with Gasteiger partial charge in [0.05, 0.1) is 18.1 Å². The van der Waals surface area contributed by atoms with Crippen molar-refractivity contribution in [3.63, 3.8) is 0 Å². The lowest BCUT2D eigenvalue weighted by molar-refractivity contribution is 0.201. The summed E-state index contributed by atoms with van der Waals surface area (Å²) < 4.78 is 11.0. The van der Waals surface area contributed by atoms with Crippen LogP contribution in [0.4, 0.5) is 0 Å². The van der Waals surface area contributed by atoms with Crippen molar-refractivity contribution >= 4 is 20.7 Å². The van der Waals surface area contributed by atoms with Crippen molar-refractivity contribution in [3.8, 4) is 11.5 Å². The molecule has 0 bridgehead atoms. The van der Waals surface area contributed by atoms with E-state index in [0.717, 1.165) is 11.5 Å². The monoisotopic (exact) mass is 415 g/mol. The lowest BCUT2D eigenvalue weighted by Crippen LogP contribution is -2.03. The maximum atomic E-state index is 8.91. The van der Waals surface area contributed by atoms with Crippen LogP contribution < -0.4 is 9.47 Å². The molecule has 0 heterocycles. The number of aliphatic hydroxyl groups is 2. The minimum atomic E-state index is -0.223. The Hall–Kier alpha value is -2.12. The Kier molecular flexibility index (Phi) is 8.11. The van der Waals surface area contributed by atoms with E-state index in [9.17, 15) is 0 Å². The largest absolute Gasteiger partial charge is 0.491 e. The number of aliphatic hydroxyl groups excluding tert-OH is 2. The van der Waals surface area contributed by atoms with E-state index < -0.39 is 0 Å². The Morgan fingerprint density at radius 3 is 1.54 bits per heavy atom. The van der Waals surface area contributed by atoms with Crippen molar-refractivity contribution < 1.29 is 19.7 Å². The zero-order chi connectivity index (χ0) is 19.6. The average Bonchev–Trinajstić information content (AvgIpc) is 2.76. The lowest BCUT2D eigenvalue weighted by atomic mass is 10.3. The number of rotatable bonds is 10. The third-order valence-corrected chi connectivity index (χ3v) is 7.98. The van der Waals surface area contributed by atoms with Crippen LogP contribution in [0, 0.1) is 0 Å². The van der Waals surface area contributed by atoms with Gasteiger partial charge in [0.2, 0.25) is 0 Å². The quantitative estimate of drug-likeness (QED) is 0.384. The highest BCUT2D eigenvalue weighted by Gasteiger charge is 2.28. The molecule has 0 amide bonds. The molecular formula is C22H23O4S2+. The average molecular weight is 416 g/mol. The molecule has 0 fully saturated rings. The fraction of sp³-hybridized carbons (Fsp3) is 0.182. The topological polar surface area (TPSA) is 58.9 Å². The van der Waals surface area contributed by atoms with Crippen LogP contribution in [-0.2, 0) is 9.93 Å². The number of benzene rings is 3. The van der Waals surface area contributed by atoms with Gasteiger partial charge in [0.1, 0.15) is 45.4 Å². The summed E-state index contributed by atoms with van der Waals surface area (Å²) in [6.07, 6.45) is 0. The Morgan fingerprint density at radius 1 is 0.643 bits per heavy atom. The van der Waals surface area contributed by atoms with Gasteiger partial charge in [-0.15, -0.1) is 0 Å². The summed E-state index contributed by atoms with van der Waals surface area (Å²) in [5, 5.41) is 17.8. The number of hydrogen-bond donors (Lipinski definition) is 2. The van der Waals surface area contributed by atoms with Gasteiger partial charge in [-0.05, 0) is 60.7 Å². The van der Waals surface area contributed by atoms with Gasteiger partial charge in [-0.25, -0.2) is 0 Å². The molecule has 146 valence electrons. The highest BCUT2D eigenvalue weighted by atomic mass is 33.1. The van der Waals surface area contributed by atoms with Crippen LogP contribution in [0.25, 0.3) is 0 Å². The SMILES string of the molecule is OCCOc1ccc([S+](Sc2ccccc2)c2ccc(OCCO)cc2)cc1. The molecule has 2 N–H and O–H groups in total. The van der Waals surface area contributed by atoms with Crippen molar-refractivity contribution in [2.24, 2.45) is 0 Å². The van der Waals surface area contributed by atoms with Crippen molar-refractivity contribution in [1.29, 1.82) is 0 Å². The van der Waals surface area contributed by atoms with Crippen LogP contribution >= 0.6 is 10.8 Å². The maximum Gasteiger partial charge on any atom is 0.174 e. The summed E-state index contributed by atoms with van der Waals surface area (Å²) in [4.78, 5) is 3.58. The summed E-state index contributed by atoms with van der Waals surface area (Å²) in [7, 11) is 1.59. The number of ether oxygens (including phenoxy) is 2. The summed E-state index contributed by atoms with van der Waals surface area (Å²) >= 11 is 0. The summed E-state index contributed by atoms with van der Waals surface area (Å²) in [6, 6.07) is 26.4. The Morgan fingerprint density at radius 2 is 1.11 bits per heavy atom. The lowest BCUT2D eigenvalue weighted by Gasteiger charge is -2.09. The van der Waals surface area contributed by atoms with Crippen LogP contribution in [-0.4, -0.2) is 36.6 Å². The van der Waals surface area contributed by atoms with E-state index in [2.05, 4.69) is 36.4 Å². The predicted molar refractivity (Wildman–Crippen MR) is 114 cm³/mol. The highest BCUT2D eigenvalue weighted by Crippen LogP contribution is 2.39. The first-order chi connectivity index (χ1) is 13.8. The van der Waals surface area contributed by atoms with Gasteiger partial charge in [-0.3, -0.25) is 0 Å². The normalized spacial score (nSPS) is 10.8. The summed E-state index contributed by atoms with van der Waals surface area (Å²) in [6.45, 7) is 0.583. The molecule has 0 radical (unpaired) electrons. The molecule has 0 aliphatic rings. The van der Waals surface area contributed by atoms with Gasteiger partial charge in [-0.2, -0.15) is 0 Å². The molecule has 0 spiro atoms. The first-order valence-corrected chi connectivity index (χ1v) is 11.5. The molecule has 0 unspecified atom stereocenters. The predicted octanol–water partition coefficient (Wildman–Crippen LogP) is 4.17. The van der Waals surface area contributed by atoms with Gasteiger partial charge in [-0.1, -0.05) is 18.2 Å². The molecule has 0 aliphatic heterocycles. The molecule has 3 rings (SSSR count). The van der Waals surface area contributed by atoms with E-state index in [1.54, 1.807) is 0 Å². The minimum absolute atomic E-state index is 0.000681. The van der Waals surface area contributed by atoms with E-state index in [0.29, 0.717) is 13.2 Å². The standard InChI is InChI=1S/C22H23O4S2/c23-14-16-25-18-6-10-21(11-7-18)28(27-20-4-2-1-3-5-20)22-12-8-19(9-13-22)26-17-15-24/h1-13,23-24H,14-17H2/q+1. The Bertz CT molecular complexity index is 772. The molecule has 3 aromatic rings. The van der Waals surface area contributed by atoms with Crippen molar-refractivity contribution in [3.05, 3.63) is 78.9 Å². The molecular weight excluding hydrogens is 392 g/mol. The second-order valence-electron chi connectivity index (χ2n) is 5.75. The van der Waals surface area contributed by atoms with Gasteiger partial charge >= 0.3 is 0 Å². The summed E-state index contributed by atoms with van der Waals surface area (Å²) in [5.74, 6) is 1.50. The summed E-state index contributed by atoms with van der Waals surface area (Å²) in [5.41, 5.74) is 0. The van der Waals surface area contributed by atoms with Crippen molar-refractivity contribution in [1.82, 2.24) is 0 Å². The van der Waals surface area contributed by atoms with Gasteiger partial charge in [0.15, 0.2) is 9.79 Å². The third kappa shape index (κ3) is 5.94. The molecule has 28 heavy (non-hydrogen) atoms. The van der Waals surface area contributed by atoms with E-state index in [1.807, 2.05) is 53.3 Å². The first kappa shape index (κ1) is 20.6. The number of hydrogen-bond acceptors (Lipinski definition) is 5. The highest BCUT2D eigenvalue weighted by molar-refractivity contribution is 8.74. The van der Waals surface area contributed by atoms with E-state index >= 15 is 0 Å². The second kappa shape index (κ2) is 11.0. The first-order valence-electron chi connectivity index (χ1n) is 8.95. The fourth-order valence-corrected chi connectivity index (χ4v) is 6.30. The zero-order valence-corrected chi connectivity index (χ0v) is 17.0. The van der Waals surface area contributed by atoms with Gasteiger partial charge in [0, 0.05) is 0 Å². The molecule has 0 aliphatic carbocycles. The van der Waals surface area contributed by atoms with Crippen LogP contribution in [0.5, 0.6) is 11.5 Å². The van der Waals surface area contributed by atoms with Crippen LogP contribution in [0.15, 0.2) is 93.5 Å². The molecule has 0 saturated heterocycles. The molecule has 0 atom stereocenters. The minimum Gasteiger partial charge on any atom is -0.491 e. The van der Waals surface area contributed by atoms with Crippen molar-refractivity contribution in [2.45, 2.75) is 14.7 Å². The smallest absolute Gasteiger partial charge is 0.174 e. The van der Waals surface area contributed by atoms with Crippen LogP contribution in [0.3, 0.4) is 0 Å². The molecule has 0 aromatic heterocycles. The molecule has 6 heteroatoms. The third-order valence-electron chi connectivity index (χ3n) is 3.72. The van der Waals surface area contributed by atoms with Crippen LogP contribution in [0.1, 0.15) is 0 Å². The molecule has 3 aromatic carbocycles. The molecule has 0 saturated carbocycles. The Balaban J connectivity index is 1.84. The fourth-order valence-electron chi connectivity index (χ4n) is 2.45. The second-order valence-corrected chi connectivity index (χ2v) is 9.37. The molecule has 4 nitrogen and oxygen atoms in total. The van der Waals surface area contributed by atoms with E-state index in [-0.39, 0.29) is 23.1 Å².